The largest absolute Gasteiger partial charge is 0.481 e. The van der Waals surface area contributed by atoms with Crippen LogP contribution in [0.3, 0.4) is 0 Å². The number of hydrogen-bond acceptors (Lipinski definition) is 4. The first-order valence-corrected chi connectivity index (χ1v) is 6.02. The first kappa shape index (κ1) is 16.3. The van der Waals surface area contributed by atoms with Crippen molar-refractivity contribution in [3.8, 4) is 0 Å². The van der Waals surface area contributed by atoms with Gasteiger partial charge in [0.15, 0.2) is 0 Å². The van der Waals surface area contributed by atoms with E-state index in [1.165, 1.54) is 19.4 Å². The van der Waals surface area contributed by atoms with E-state index >= 15 is 0 Å². The Morgan fingerprint density at radius 3 is 2.06 bits per heavy atom. The second-order valence-electron chi connectivity index (χ2n) is 4.15. The van der Waals surface area contributed by atoms with Crippen molar-refractivity contribution in [2.24, 2.45) is 0 Å². The fourth-order valence-electron chi connectivity index (χ4n) is 1.31. The van der Waals surface area contributed by atoms with Crippen molar-refractivity contribution in [3.63, 3.8) is 0 Å². The minimum Gasteiger partial charge on any atom is -0.481 e. The van der Waals surface area contributed by atoms with Crippen molar-refractivity contribution in [1.82, 2.24) is 9.80 Å². The zero-order valence-corrected chi connectivity index (χ0v) is 11.0. The van der Waals surface area contributed by atoms with E-state index in [2.05, 4.69) is 36.2 Å². The van der Waals surface area contributed by atoms with Gasteiger partial charge in [-0.15, -0.1) is 0 Å². The first-order valence-electron chi connectivity index (χ1n) is 6.02. The van der Waals surface area contributed by atoms with Crippen LogP contribution in [0.15, 0.2) is 12.4 Å². The van der Waals surface area contributed by atoms with Crippen LogP contribution in [0.1, 0.15) is 32.6 Å². The van der Waals surface area contributed by atoms with Gasteiger partial charge < -0.3 is 20.0 Å². The molecule has 0 amide bonds. The molecule has 0 fully saturated rings. The van der Waals surface area contributed by atoms with Crippen LogP contribution in [0.2, 0.25) is 0 Å². The van der Waals surface area contributed by atoms with Crippen LogP contribution in [0.5, 0.6) is 0 Å². The van der Waals surface area contributed by atoms with E-state index < -0.39 is 11.9 Å². The molecule has 0 aromatic carbocycles. The van der Waals surface area contributed by atoms with Crippen LogP contribution in [0, 0.1) is 0 Å². The lowest BCUT2D eigenvalue weighted by molar-refractivity contribution is -0.143. The number of nitrogens with zero attached hydrogens (tertiary/aromatic N) is 2. The molecule has 0 saturated heterocycles. The summed E-state index contributed by atoms with van der Waals surface area (Å²) in [6.45, 7) is 4.50. The zero-order valence-electron chi connectivity index (χ0n) is 11.0. The van der Waals surface area contributed by atoms with Gasteiger partial charge in [-0.25, -0.2) is 0 Å². The van der Waals surface area contributed by atoms with Gasteiger partial charge in [0.05, 0.1) is 19.5 Å². The molecule has 1 aliphatic rings. The van der Waals surface area contributed by atoms with E-state index in [-0.39, 0.29) is 12.8 Å². The number of unbranched alkanes of at least 4 members (excludes halogenated alkanes) is 1. The molecule has 0 saturated carbocycles. The highest BCUT2D eigenvalue weighted by Gasteiger charge is 2.05. The molecular weight excluding hydrogens is 236 g/mol. The highest BCUT2D eigenvalue weighted by Crippen LogP contribution is 2.04. The molecule has 1 heterocycles. The molecule has 0 radical (unpaired) electrons. The van der Waals surface area contributed by atoms with E-state index in [0.717, 1.165) is 6.67 Å². The van der Waals surface area contributed by atoms with Gasteiger partial charge in [-0.05, 0) is 6.42 Å². The highest BCUT2D eigenvalue weighted by molar-refractivity contribution is 5.75. The molecular formula is C12H22N2O4. The van der Waals surface area contributed by atoms with Crippen molar-refractivity contribution in [1.29, 1.82) is 0 Å². The Hall–Kier alpha value is -1.72. The second-order valence-corrected chi connectivity index (χ2v) is 4.15. The molecule has 6 heteroatoms. The van der Waals surface area contributed by atoms with Crippen molar-refractivity contribution < 1.29 is 19.8 Å². The molecule has 0 aliphatic carbocycles. The summed E-state index contributed by atoms with van der Waals surface area (Å²) < 4.78 is 0. The van der Waals surface area contributed by atoms with E-state index in [1.807, 2.05) is 0 Å². The summed E-state index contributed by atoms with van der Waals surface area (Å²) in [6.07, 6.45) is 6.28. The predicted octanol–water partition coefficient (Wildman–Crippen LogP) is 1.40. The summed E-state index contributed by atoms with van der Waals surface area (Å²) in [5, 5.41) is 15.8. The standard InChI is InChI=1S/C8H16N2.C4H6O4/c1-3-4-5-10-7-6-9(2)8-10;5-3(6)1-2-4(7)8/h6-7H,3-5,8H2,1-2H3;1-2H2,(H,5,6)(H,7,8). The third-order valence-electron chi connectivity index (χ3n) is 2.29. The number of carboxylic acid groups (broad SMARTS) is 2. The van der Waals surface area contributed by atoms with E-state index in [0.29, 0.717) is 0 Å². The Morgan fingerprint density at radius 2 is 1.72 bits per heavy atom. The van der Waals surface area contributed by atoms with E-state index in [9.17, 15) is 9.59 Å². The number of rotatable bonds is 6. The molecule has 6 nitrogen and oxygen atoms in total. The van der Waals surface area contributed by atoms with Crippen LogP contribution in [-0.4, -0.2) is 52.2 Å². The maximum absolute atomic E-state index is 9.64. The summed E-state index contributed by atoms with van der Waals surface area (Å²) >= 11 is 0. The first-order chi connectivity index (χ1) is 8.45. The summed E-state index contributed by atoms with van der Waals surface area (Å²) in [4.78, 5) is 23.8. The fraction of sp³-hybridized carbons (Fsp3) is 0.667. The zero-order chi connectivity index (χ0) is 14.0. The van der Waals surface area contributed by atoms with Crippen LogP contribution < -0.4 is 0 Å². The molecule has 0 aromatic rings. The fourth-order valence-corrected chi connectivity index (χ4v) is 1.31. The molecule has 104 valence electrons. The Bertz CT molecular complexity index is 278. The second kappa shape index (κ2) is 9.32. The van der Waals surface area contributed by atoms with Gasteiger partial charge in [0.2, 0.25) is 0 Å². The number of aliphatic carboxylic acids is 2. The van der Waals surface area contributed by atoms with Crippen LogP contribution in [0.25, 0.3) is 0 Å². The number of carbonyl (C=O) groups is 2. The molecule has 0 spiro atoms. The third kappa shape index (κ3) is 9.50. The van der Waals surface area contributed by atoms with Gasteiger partial charge in [0.1, 0.15) is 0 Å². The van der Waals surface area contributed by atoms with Crippen LogP contribution in [-0.2, 0) is 9.59 Å². The lowest BCUT2D eigenvalue weighted by atomic mass is 10.3. The average Bonchev–Trinajstić information content (AvgIpc) is 2.70. The van der Waals surface area contributed by atoms with E-state index in [1.54, 1.807) is 0 Å². The van der Waals surface area contributed by atoms with Crippen LogP contribution >= 0.6 is 0 Å². The van der Waals surface area contributed by atoms with E-state index in [4.69, 9.17) is 10.2 Å². The average molecular weight is 258 g/mol. The highest BCUT2D eigenvalue weighted by atomic mass is 16.4. The Balaban J connectivity index is 0.000000331. The van der Waals surface area contributed by atoms with Crippen molar-refractivity contribution >= 4 is 11.9 Å². The lowest BCUT2D eigenvalue weighted by Gasteiger charge is -2.17. The normalized spacial score (nSPS) is 13.2. The molecule has 0 bridgehead atoms. The summed E-state index contributed by atoms with van der Waals surface area (Å²) in [5.74, 6) is -2.15. The van der Waals surface area contributed by atoms with Gasteiger partial charge in [0, 0.05) is 26.0 Å². The van der Waals surface area contributed by atoms with Crippen molar-refractivity contribution in [3.05, 3.63) is 12.4 Å². The summed E-state index contributed by atoms with van der Waals surface area (Å²) in [5.41, 5.74) is 0. The Kier molecular flexibility index (Phi) is 8.43. The van der Waals surface area contributed by atoms with Gasteiger partial charge in [-0.1, -0.05) is 13.3 Å². The Morgan fingerprint density at radius 1 is 1.17 bits per heavy atom. The smallest absolute Gasteiger partial charge is 0.303 e. The predicted molar refractivity (Wildman–Crippen MR) is 67.9 cm³/mol. The quantitative estimate of drug-likeness (QED) is 0.749. The molecule has 1 aliphatic heterocycles. The van der Waals surface area contributed by atoms with Gasteiger partial charge in [-0.3, -0.25) is 9.59 Å². The number of hydrogen-bond donors (Lipinski definition) is 2. The summed E-state index contributed by atoms with van der Waals surface area (Å²) in [7, 11) is 2.10. The molecule has 0 aromatic heterocycles. The van der Waals surface area contributed by atoms with Gasteiger partial charge >= 0.3 is 11.9 Å². The van der Waals surface area contributed by atoms with Crippen molar-refractivity contribution in [2.75, 3.05) is 20.3 Å². The van der Waals surface area contributed by atoms with Gasteiger partial charge in [-0.2, -0.15) is 0 Å². The molecule has 18 heavy (non-hydrogen) atoms. The van der Waals surface area contributed by atoms with Gasteiger partial charge in [0.25, 0.3) is 0 Å². The Labute approximate surface area is 107 Å². The lowest BCUT2D eigenvalue weighted by Crippen LogP contribution is -2.23. The SMILES string of the molecule is CCCCN1C=CN(C)C1.O=C(O)CCC(=O)O. The minimum atomic E-state index is -1.08. The van der Waals surface area contributed by atoms with Crippen LogP contribution in [0.4, 0.5) is 0 Å². The molecule has 0 unspecified atom stereocenters. The topological polar surface area (TPSA) is 81.1 Å². The number of carboxylic acids is 2. The molecule has 2 N–H and O–H groups in total. The maximum atomic E-state index is 9.64. The third-order valence-corrected chi connectivity index (χ3v) is 2.29. The van der Waals surface area contributed by atoms with Crippen molar-refractivity contribution in [2.45, 2.75) is 32.6 Å². The molecule has 1 rings (SSSR count). The maximum Gasteiger partial charge on any atom is 0.303 e. The molecule has 0 atom stereocenters. The summed E-state index contributed by atoms with van der Waals surface area (Å²) in [6, 6.07) is 0. The minimum absolute atomic E-state index is 0.296. The monoisotopic (exact) mass is 258 g/mol.